The molecule has 2 aromatic rings. The summed E-state index contributed by atoms with van der Waals surface area (Å²) in [5.41, 5.74) is 0.680. The van der Waals surface area contributed by atoms with E-state index in [9.17, 15) is 4.79 Å². The molecule has 7 heteroatoms. The van der Waals surface area contributed by atoms with Gasteiger partial charge in [-0.25, -0.2) is 9.78 Å². The van der Waals surface area contributed by atoms with Crippen LogP contribution in [0, 0.1) is 0 Å². The van der Waals surface area contributed by atoms with Crippen molar-refractivity contribution in [3.8, 4) is 0 Å². The summed E-state index contributed by atoms with van der Waals surface area (Å²) in [4.78, 5) is 19.0. The van der Waals surface area contributed by atoms with Gasteiger partial charge in [-0.2, -0.15) is 0 Å². The first kappa shape index (κ1) is 15.4. The van der Waals surface area contributed by atoms with Gasteiger partial charge in [0.05, 0.1) is 11.7 Å². The molecule has 1 unspecified atom stereocenters. The number of likely N-dealkylation sites (tertiary alicyclic amines) is 1. The average Bonchev–Trinajstić information content (AvgIpc) is 3.16. The Bertz CT molecular complexity index is 654. The van der Waals surface area contributed by atoms with Crippen LogP contribution in [0.2, 0.25) is 4.34 Å². The number of nitrogens with zero attached hydrogens (tertiary/aromatic N) is 3. The van der Waals surface area contributed by atoms with Gasteiger partial charge >= 0.3 is 6.03 Å². The molecule has 5 nitrogen and oxygen atoms in total. The number of aryl methyl sites for hydroxylation is 1. The smallest absolute Gasteiger partial charge is 0.322 e. The molecule has 0 spiro atoms. The Hall–Kier alpha value is -1.53. The number of amides is 2. The molecule has 0 bridgehead atoms. The van der Waals surface area contributed by atoms with Crippen LogP contribution in [-0.4, -0.2) is 27.0 Å². The molecule has 1 aliphatic heterocycles. The molecule has 1 N–H and O–H groups in total. The van der Waals surface area contributed by atoms with Gasteiger partial charge in [-0.1, -0.05) is 11.6 Å². The van der Waals surface area contributed by atoms with E-state index in [2.05, 4.69) is 21.8 Å². The van der Waals surface area contributed by atoms with Gasteiger partial charge in [-0.3, -0.25) is 0 Å². The Kier molecular flexibility index (Phi) is 4.69. The highest BCUT2D eigenvalue weighted by molar-refractivity contribution is 7.15. The lowest BCUT2D eigenvalue weighted by Crippen LogP contribution is -2.42. The standard InChI is InChI=1S/C15H19ClN4OS/c1-2-19-9-7-17-14(19)12-5-3-4-8-20(12)15(21)18-11-6-10-22-13(11)16/h6-7,9-10,12H,2-5,8H2,1H3,(H,18,21). The monoisotopic (exact) mass is 338 g/mol. The van der Waals surface area contributed by atoms with Gasteiger partial charge in [-0.05, 0) is 37.6 Å². The van der Waals surface area contributed by atoms with Crippen molar-refractivity contribution in [1.29, 1.82) is 0 Å². The Morgan fingerprint density at radius 1 is 1.55 bits per heavy atom. The van der Waals surface area contributed by atoms with E-state index in [1.165, 1.54) is 11.3 Å². The quantitative estimate of drug-likeness (QED) is 0.903. The van der Waals surface area contributed by atoms with Gasteiger partial charge in [0.2, 0.25) is 0 Å². The zero-order valence-corrected chi connectivity index (χ0v) is 14.0. The minimum absolute atomic E-state index is 0.0288. The van der Waals surface area contributed by atoms with Crippen LogP contribution >= 0.6 is 22.9 Å². The van der Waals surface area contributed by atoms with Crippen LogP contribution in [0.3, 0.4) is 0 Å². The van der Waals surface area contributed by atoms with Gasteiger partial charge < -0.3 is 14.8 Å². The molecule has 22 heavy (non-hydrogen) atoms. The number of rotatable bonds is 3. The summed E-state index contributed by atoms with van der Waals surface area (Å²) in [6.07, 6.45) is 6.86. The van der Waals surface area contributed by atoms with Crippen molar-refractivity contribution in [2.45, 2.75) is 38.8 Å². The van der Waals surface area contributed by atoms with E-state index < -0.39 is 0 Å². The number of imidazole rings is 1. The van der Waals surface area contributed by atoms with Crippen LogP contribution in [0.25, 0.3) is 0 Å². The lowest BCUT2D eigenvalue weighted by molar-refractivity contribution is 0.157. The zero-order chi connectivity index (χ0) is 15.5. The predicted octanol–water partition coefficient (Wildman–Crippen LogP) is 4.38. The number of hydrogen-bond donors (Lipinski definition) is 1. The van der Waals surface area contributed by atoms with Crippen molar-refractivity contribution in [3.63, 3.8) is 0 Å². The first-order valence-corrected chi connectivity index (χ1v) is 8.78. The molecule has 0 aromatic carbocycles. The molecule has 1 aliphatic rings. The number of carbonyl (C=O) groups is 1. The maximum atomic E-state index is 12.6. The molecule has 3 heterocycles. The number of anilines is 1. The Morgan fingerprint density at radius 3 is 3.14 bits per heavy atom. The summed E-state index contributed by atoms with van der Waals surface area (Å²) in [6.45, 7) is 3.69. The fraction of sp³-hybridized carbons (Fsp3) is 0.467. The number of aromatic nitrogens is 2. The Balaban J connectivity index is 1.80. The molecular weight excluding hydrogens is 320 g/mol. The fourth-order valence-electron chi connectivity index (χ4n) is 2.90. The number of halogens is 1. The zero-order valence-electron chi connectivity index (χ0n) is 12.5. The lowest BCUT2D eigenvalue weighted by Gasteiger charge is -2.35. The second kappa shape index (κ2) is 6.71. The van der Waals surface area contributed by atoms with Gasteiger partial charge in [0, 0.05) is 25.5 Å². The third kappa shape index (κ3) is 2.98. The molecule has 1 saturated heterocycles. The van der Waals surface area contributed by atoms with E-state index in [1.807, 2.05) is 22.5 Å². The summed E-state index contributed by atoms with van der Waals surface area (Å²) in [5, 5.41) is 4.79. The first-order chi connectivity index (χ1) is 10.7. The summed E-state index contributed by atoms with van der Waals surface area (Å²) < 4.78 is 2.71. The lowest BCUT2D eigenvalue weighted by atomic mass is 10.0. The highest BCUT2D eigenvalue weighted by atomic mass is 35.5. The minimum Gasteiger partial charge on any atom is -0.333 e. The SMILES string of the molecule is CCn1ccnc1C1CCCCN1C(=O)Nc1ccsc1Cl. The van der Waals surface area contributed by atoms with Crippen LogP contribution in [0.1, 0.15) is 38.1 Å². The topological polar surface area (TPSA) is 50.2 Å². The third-order valence-electron chi connectivity index (χ3n) is 4.01. The highest BCUT2D eigenvalue weighted by Crippen LogP contribution is 2.32. The van der Waals surface area contributed by atoms with Crippen molar-refractivity contribution in [2.24, 2.45) is 0 Å². The van der Waals surface area contributed by atoms with Crippen molar-refractivity contribution in [3.05, 3.63) is 34.0 Å². The maximum Gasteiger partial charge on any atom is 0.322 e. The van der Waals surface area contributed by atoms with Crippen LogP contribution in [0.4, 0.5) is 10.5 Å². The first-order valence-electron chi connectivity index (χ1n) is 7.52. The molecular formula is C15H19ClN4OS. The molecule has 1 atom stereocenters. The number of piperidine rings is 1. The second-order valence-electron chi connectivity index (χ2n) is 5.31. The fourth-order valence-corrected chi connectivity index (χ4v) is 3.73. The van der Waals surface area contributed by atoms with Crippen LogP contribution in [0.15, 0.2) is 23.8 Å². The van der Waals surface area contributed by atoms with E-state index in [-0.39, 0.29) is 12.1 Å². The van der Waals surface area contributed by atoms with Gasteiger partial charge in [-0.15, -0.1) is 11.3 Å². The average molecular weight is 339 g/mol. The summed E-state index contributed by atoms with van der Waals surface area (Å²) in [7, 11) is 0. The minimum atomic E-state index is -0.101. The van der Waals surface area contributed by atoms with Crippen molar-refractivity contribution >= 4 is 34.7 Å². The number of nitrogens with one attached hydrogen (secondary N) is 1. The summed E-state index contributed by atoms with van der Waals surface area (Å²) in [6, 6.07) is 1.76. The number of urea groups is 1. The van der Waals surface area contributed by atoms with Gasteiger partial charge in [0.25, 0.3) is 0 Å². The molecule has 0 aliphatic carbocycles. The van der Waals surface area contributed by atoms with Crippen molar-refractivity contribution in [1.82, 2.24) is 14.5 Å². The summed E-state index contributed by atoms with van der Waals surface area (Å²) >= 11 is 7.49. The van der Waals surface area contributed by atoms with E-state index in [0.717, 1.165) is 38.2 Å². The third-order valence-corrected chi connectivity index (χ3v) is 5.18. The van der Waals surface area contributed by atoms with E-state index >= 15 is 0 Å². The molecule has 1 fully saturated rings. The number of thiophene rings is 1. The normalized spacial score (nSPS) is 18.5. The molecule has 3 rings (SSSR count). The highest BCUT2D eigenvalue weighted by Gasteiger charge is 2.31. The van der Waals surface area contributed by atoms with E-state index in [1.54, 1.807) is 6.20 Å². The van der Waals surface area contributed by atoms with Gasteiger partial charge in [0.1, 0.15) is 10.2 Å². The maximum absolute atomic E-state index is 12.6. The Morgan fingerprint density at radius 2 is 2.41 bits per heavy atom. The van der Waals surface area contributed by atoms with Crippen LogP contribution in [-0.2, 0) is 6.54 Å². The predicted molar refractivity (Wildman–Crippen MR) is 89.5 cm³/mol. The van der Waals surface area contributed by atoms with Crippen LogP contribution < -0.4 is 5.32 Å². The molecule has 0 radical (unpaired) electrons. The summed E-state index contributed by atoms with van der Waals surface area (Å²) in [5.74, 6) is 0.966. The Labute approximate surface area is 138 Å². The van der Waals surface area contributed by atoms with Crippen molar-refractivity contribution in [2.75, 3.05) is 11.9 Å². The van der Waals surface area contributed by atoms with Crippen LogP contribution in [0.5, 0.6) is 0 Å². The van der Waals surface area contributed by atoms with Crippen molar-refractivity contribution < 1.29 is 4.79 Å². The molecule has 118 valence electrons. The van der Waals surface area contributed by atoms with Gasteiger partial charge in [0.15, 0.2) is 0 Å². The number of hydrogen-bond acceptors (Lipinski definition) is 3. The largest absolute Gasteiger partial charge is 0.333 e. The van der Waals surface area contributed by atoms with E-state index in [4.69, 9.17) is 11.6 Å². The second-order valence-corrected chi connectivity index (χ2v) is 6.83. The number of carbonyl (C=O) groups excluding carboxylic acids is 1. The molecule has 0 saturated carbocycles. The molecule has 2 amide bonds. The van der Waals surface area contributed by atoms with E-state index in [0.29, 0.717) is 10.0 Å². The molecule has 2 aromatic heterocycles.